The van der Waals surface area contributed by atoms with Crippen molar-refractivity contribution < 1.29 is 13.6 Å². The molecule has 0 spiro atoms. The number of nitrogens with one attached hydrogen (secondary N) is 1. The molecule has 1 aliphatic heterocycles. The first-order valence-corrected chi connectivity index (χ1v) is 6.87. The van der Waals surface area contributed by atoms with E-state index in [2.05, 4.69) is 21.2 Å². The maximum atomic E-state index is 13.8. The molecule has 2 unspecified atom stereocenters. The van der Waals surface area contributed by atoms with Crippen molar-refractivity contribution in [3.05, 3.63) is 33.8 Å². The summed E-state index contributed by atoms with van der Waals surface area (Å²) in [6.07, 6.45) is 0. The lowest BCUT2D eigenvalue weighted by atomic mass is 10.1. The van der Waals surface area contributed by atoms with Crippen LogP contribution in [0.2, 0.25) is 0 Å². The second-order valence-corrected chi connectivity index (χ2v) is 5.84. The van der Waals surface area contributed by atoms with E-state index in [-0.39, 0.29) is 29.0 Å². The molecule has 0 saturated carbocycles. The van der Waals surface area contributed by atoms with Crippen molar-refractivity contribution in [3.63, 3.8) is 0 Å². The Labute approximate surface area is 131 Å². The fourth-order valence-electron chi connectivity index (χ4n) is 2.40. The number of hydrogen-bond donors (Lipinski definition) is 1. The zero-order valence-corrected chi connectivity index (χ0v) is 13.5. The highest BCUT2D eigenvalue weighted by Gasteiger charge is 2.29. The predicted molar refractivity (Wildman–Crippen MR) is 79.3 cm³/mol. The summed E-state index contributed by atoms with van der Waals surface area (Å²) >= 11 is 3.00. The van der Waals surface area contributed by atoms with Gasteiger partial charge >= 0.3 is 0 Å². The van der Waals surface area contributed by atoms with Gasteiger partial charge in [-0.2, -0.15) is 0 Å². The van der Waals surface area contributed by atoms with Gasteiger partial charge in [0.1, 0.15) is 17.2 Å². The summed E-state index contributed by atoms with van der Waals surface area (Å²) in [5.41, 5.74) is -0.482. The van der Waals surface area contributed by atoms with Gasteiger partial charge in [0.05, 0.1) is 0 Å². The molecule has 1 amide bonds. The van der Waals surface area contributed by atoms with Gasteiger partial charge in [-0.15, -0.1) is 12.4 Å². The Bertz CT molecular complexity index is 482. The van der Waals surface area contributed by atoms with E-state index in [0.717, 1.165) is 12.1 Å². The average Bonchev–Trinajstić information content (AvgIpc) is 2.25. The van der Waals surface area contributed by atoms with Gasteiger partial charge in [-0.05, 0) is 26.0 Å². The standard InChI is InChI=1S/C13H15BrF2N2O.ClH/c1-7-5-18(6-8(2)17-7)13(19)12-10(15)3-9(14)4-11(12)16;/h3-4,7-8,17H,5-6H2,1-2H3;1H. The molecule has 0 bridgehead atoms. The topological polar surface area (TPSA) is 32.3 Å². The first-order chi connectivity index (χ1) is 8.88. The zero-order chi connectivity index (χ0) is 14.2. The van der Waals surface area contributed by atoms with E-state index in [4.69, 9.17) is 0 Å². The van der Waals surface area contributed by atoms with Crippen LogP contribution in [0.15, 0.2) is 16.6 Å². The number of piperazine rings is 1. The SMILES string of the molecule is CC1CN(C(=O)c2c(F)cc(Br)cc2F)CC(C)N1.Cl. The van der Waals surface area contributed by atoms with Crippen LogP contribution in [0.5, 0.6) is 0 Å². The van der Waals surface area contributed by atoms with Crippen molar-refractivity contribution in [1.82, 2.24) is 10.2 Å². The van der Waals surface area contributed by atoms with Crippen LogP contribution in [0.3, 0.4) is 0 Å². The molecule has 1 aliphatic rings. The summed E-state index contributed by atoms with van der Waals surface area (Å²) in [6, 6.07) is 2.42. The number of nitrogens with zero attached hydrogens (tertiary/aromatic N) is 1. The summed E-state index contributed by atoms with van der Waals surface area (Å²) in [5, 5.41) is 3.26. The lowest BCUT2D eigenvalue weighted by Crippen LogP contribution is -2.56. The molecule has 1 aromatic rings. The van der Waals surface area contributed by atoms with Crippen molar-refractivity contribution in [3.8, 4) is 0 Å². The Morgan fingerprint density at radius 3 is 2.15 bits per heavy atom. The Morgan fingerprint density at radius 2 is 1.70 bits per heavy atom. The normalized spacial score (nSPS) is 22.4. The molecule has 0 aliphatic carbocycles. The van der Waals surface area contributed by atoms with Gasteiger partial charge in [0.2, 0.25) is 0 Å². The van der Waals surface area contributed by atoms with Crippen molar-refractivity contribution in [2.75, 3.05) is 13.1 Å². The molecule has 1 N–H and O–H groups in total. The molecular formula is C13H16BrClF2N2O. The Balaban J connectivity index is 0.00000200. The third kappa shape index (κ3) is 3.68. The molecule has 1 aromatic carbocycles. The fourth-order valence-corrected chi connectivity index (χ4v) is 2.80. The van der Waals surface area contributed by atoms with Crippen molar-refractivity contribution in [2.24, 2.45) is 0 Å². The van der Waals surface area contributed by atoms with Crippen molar-refractivity contribution >= 4 is 34.2 Å². The number of carbonyl (C=O) groups excluding carboxylic acids is 1. The molecule has 1 saturated heterocycles. The van der Waals surface area contributed by atoms with Gasteiger partial charge in [0.15, 0.2) is 0 Å². The first-order valence-electron chi connectivity index (χ1n) is 6.08. The number of benzene rings is 1. The minimum Gasteiger partial charge on any atom is -0.335 e. The van der Waals surface area contributed by atoms with E-state index < -0.39 is 23.1 Å². The lowest BCUT2D eigenvalue weighted by Gasteiger charge is -2.36. The van der Waals surface area contributed by atoms with Crippen LogP contribution in [-0.4, -0.2) is 36.0 Å². The Morgan fingerprint density at radius 1 is 1.25 bits per heavy atom. The number of carbonyl (C=O) groups is 1. The van der Waals surface area contributed by atoms with E-state index in [1.165, 1.54) is 4.90 Å². The zero-order valence-electron chi connectivity index (χ0n) is 11.1. The molecule has 1 fully saturated rings. The molecule has 20 heavy (non-hydrogen) atoms. The van der Waals surface area contributed by atoms with Crippen LogP contribution in [0.1, 0.15) is 24.2 Å². The second kappa shape index (κ2) is 6.83. The minimum absolute atomic E-state index is 0. The number of hydrogen-bond acceptors (Lipinski definition) is 2. The van der Waals surface area contributed by atoms with E-state index in [1.807, 2.05) is 13.8 Å². The minimum atomic E-state index is -0.837. The fraction of sp³-hybridized carbons (Fsp3) is 0.462. The van der Waals surface area contributed by atoms with Gasteiger partial charge in [0.25, 0.3) is 5.91 Å². The molecule has 1 heterocycles. The van der Waals surface area contributed by atoms with E-state index in [9.17, 15) is 13.6 Å². The largest absolute Gasteiger partial charge is 0.335 e. The van der Waals surface area contributed by atoms with E-state index in [0.29, 0.717) is 13.1 Å². The Hall–Kier alpha value is -0.720. The maximum Gasteiger partial charge on any atom is 0.259 e. The number of amides is 1. The highest BCUT2D eigenvalue weighted by molar-refractivity contribution is 9.10. The summed E-state index contributed by atoms with van der Waals surface area (Å²) in [6.45, 7) is 4.75. The highest BCUT2D eigenvalue weighted by Crippen LogP contribution is 2.21. The predicted octanol–water partition coefficient (Wildman–Crippen LogP) is 2.97. The summed E-state index contributed by atoms with van der Waals surface area (Å²) in [4.78, 5) is 13.7. The maximum absolute atomic E-state index is 13.8. The molecule has 0 radical (unpaired) electrons. The lowest BCUT2D eigenvalue weighted by molar-refractivity contribution is 0.0664. The monoisotopic (exact) mass is 368 g/mol. The molecule has 0 aromatic heterocycles. The van der Waals surface area contributed by atoms with Crippen LogP contribution in [0.4, 0.5) is 8.78 Å². The van der Waals surface area contributed by atoms with Crippen LogP contribution in [-0.2, 0) is 0 Å². The van der Waals surface area contributed by atoms with Gasteiger partial charge in [-0.25, -0.2) is 8.78 Å². The molecule has 2 atom stereocenters. The molecule has 3 nitrogen and oxygen atoms in total. The quantitative estimate of drug-likeness (QED) is 0.825. The van der Waals surface area contributed by atoms with Crippen LogP contribution in [0, 0.1) is 11.6 Å². The third-order valence-electron chi connectivity index (χ3n) is 3.07. The summed E-state index contributed by atoms with van der Waals surface area (Å²) < 4.78 is 27.8. The van der Waals surface area contributed by atoms with Gasteiger partial charge < -0.3 is 10.2 Å². The Kier molecular flexibility index (Phi) is 5.91. The smallest absolute Gasteiger partial charge is 0.259 e. The molecular weight excluding hydrogens is 354 g/mol. The van der Waals surface area contributed by atoms with E-state index >= 15 is 0 Å². The summed E-state index contributed by atoms with van der Waals surface area (Å²) in [7, 11) is 0. The molecule has 112 valence electrons. The van der Waals surface area contributed by atoms with Gasteiger partial charge in [-0.1, -0.05) is 15.9 Å². The molecule has 7 heteroatoms. The average molecular weight is 370 g/mol. The number of halogens is 4. The first kappa shape index (κ1) is 17.3. The van der Waals surface area contributed by atoms with Gasteiger partial charge in [-0.3, -0.25) is 4.79 Å². The van der Waals surface area contributed by atoms with Crippen LogP contribution >= 0.6 is 28.3 Å². The van der Waals surface area contributed by atoms with Gasteiger partial charge in [0, 0.05) is 29.6 Å². The van der Waals surface area contributed by atoms with Crippen molar-refractivity contribution in [1.29, 1.82) is 0 Å². The number of rotatable bonds is 1. The van der Waals surface area contributed by atoms with Crippen molar-refractivity contribution in [2.45, 2.75) is 25.9 Å². The second-order valence-electron chi connectivity index (χ2n) is 4.92. The molecule has 2 rings (SSSR count). The van der Waals surface area contributed by atoms with E-state index in [1.54, 1.807) is 0 Å². The third-order valence-corrected chi connectivity index (χ3v) is 3.52. The van der Waals surface area contributed by atoms with Crippen LogP contribution < -0.4 is 5.32 Å². The van der Waals surface area contributed by atoms with Crippen LogP contribution in [0.25, 0.3) is 0 Å². The summed E-state index contributed by atoms with van der Waals surface area (Å²) in [5.74, 6) is -2.27. The highest BCUT2D eigenvalue weighted by atomic mass is 79.9.